The lowest BCUT2D eigenvalue weighted by Gasteiger charge is -2.24. The summed E-state index contributed by atoms with van der Waals surface area (Å²) in [7, 11) is 0. The van der Waals surface area contributed by atoms with Gasteiger partial charge in [-0.05, 0) is 49.1 Å². The van der Waals surface area contributed by atoms with Crippen molar-refractivity contribution in [3.05, 3.63) is 24.1 Å². The van der Waals surface area contributed by atoms with Crippen molar-refractivity contribution in [2.45, 2.75) is 51.4 Å². The number of hydrogen-bond donors (Lipinski definition) is 2. The number of pyridine rings is 1. The zero-order valence-corrected chi connectivity index (χ0v) is 14.9. The van der Waals surface area contributed by atoms with E-state index in [1.54, 1.807) is 18.3 Å². The lowest BCUT2D eigenvalue weighted by molar-refractivity contribution is -0.116. The van der Waals surface area contributed by atoms with Crippen LogP contribution in [0.25, 0.3) is 11.1 Å². The van der Waals surface area contributed by atoms with Crippen molar-refractivity contribution in [1.29, 1.82) is 0 Å². The van der Waals surface area contributed by atoms with Crippen LogP contribution in [0.3, 0.4) is 0 Å². The third-order valence-electron chi connectivity index (χ3n) is 6.05. The summed E-state index contributed by atoms with van der Waals surface area (Å²) in [5.74, 6) is 1.53. The van der Waals surface area contributed by atoms with Crippen LogP contribution in [0.5, 0.6) is 0 Å². The van der Waals surface area contributed by atoms with E-state index in [9.17, 15) is 9.59 Å². The monoisotopic (exact) mass is 355 g/mol. The van der Waals surface area contributed by atoms with Gasteiger partial charge < -0.3 is 15.5 Å². The molecule has 26 heavy (non-hydrogen) atoms. The Morgan fingerprint density at radius 2 is 1.96 bits per heavy atom. The fourth-order valence-corrected chi connectivity index (χ4v) is 4.85. The number of nitrogens with two attached hydrogens (primary N) is 1. The summed E-state index contributed by atoms with van der Waals surface area (Å²) >= 11 is 0. The van der Waals surface area contributed by atoms with E-state index in [4.69, 9.17) is 10.2 Å². The van der Waals surface area contributed by atoms with Gasteiger partial charge in [0.2, 0.25) is 11.7 Å². The third-order valence-corrected chi connectivity index (χ3v) is 6.05. The minimum Gasteiger partial charge on any atom is -0.447 e. The number of nitrogens with zero attached hydrogens (tertiary/aromatic N) is 1. The molecular formula is C20H25N3O3. The van der Waals surface area contributed by atoms with Crippen molar-refractivity contribution in [3.63, 3.8) is 0 Å². The molecule has 6 nitrogen and oxygen atoms in total. The van der Waals surface area contributed by atoms with Gasteiger partial charge in [0.15, 0.2) is 5.58 Å². The SMILES string of the molecule is NC(=O)c1oc2cccnc2c1NC(=O)CCC1CC2CCCCC2C1. The Bertz CT molecular complexity index is 815. The number of furan rings is 1. The number of amides is 2. The van der Waals surface area contributed by atoms with Gasteiger partial charge in [-0.1, -0.05) is 25.7 Å². The first-order chi connectivity index (χ1) is 12.6. The average Bonchev–Trinajstić information content (AvgIpc) is 3.21. The van der Waals surface area contributed by atoms with Crippen LogP contribution in [-0.2, 0) is 4.79 Å². The van der Waals surface area contributed by atoms with E-state index in [0.29, 0.717) is 23.4 Å². The van der Waals surface area contributed by atoms with Gasteiger partial charge in [-0.25, -0.2) is 0 Å². The summed E-state index contributed by atoms with van der Waals surface area (Å²) in [6, 6.07) is 3.41. The molecule has 0 aliphatic heterocycles. The molecule has 0 saturated heterocycles. The van der Waals surface area contributed by atoms with Gasteiger partial charge in [0.05, 0.1) is 0 Å². The Morgan fingerprint density at radius 1 is 1.23 bits per heavy atom. The van der Waals surface area contributed by atoms with E-state index >= 15 is 0 Å². The van der Waals surface area contributed by atoms with E-state index < -0.39 is 5.91 Å². The maximum atomic E-state index is 12.5. The molecule has 2 fully saturated rings. The lowest BCUT2D eigenvalue weighted by atomic mass is 9.82. The molecule has 2 heterocycles. The molecule has 0 radical (unpaired) electrons. The predicted octanol–water partition coefficient (Wildman–Crippen LogP) is 3.86. The zero-order chi connectivity index (χ0) is 18.1. The molecule has 2 aromatic heterocycles. The number of nitrogens with one attached hydrogen (secondary N) is 1. The molecule has 2 atom stereocenters. The first-order valence-corrected chi connectivity index (χ1v) is 9.59. The maximum Gasteiger partial charge on any atom is 0.286 e. The first-order valence-electron chi connectivity index (χ1n) is 9.59. The number of carbonyl (C=O) groups excluding carboxylic acids is 2. The van der Waals surface area contributed by atoms with Crippen molar-refractivity contribution < 1.29 is 14.0 Å². The first kappa shape index (κ1) is 17.1. The van der Waals surface area contributed by atoms with E-state index in [0.717, 1.165) is 18.3 Å². The lowest BCUT2D eigenvalue weighted by Crippen LogP contribution is -2.17. The maximum absolute atomic E-state index is 12.5. The summed E-state index contributed by atoms with van der Waals surface area (Å²) in [6.45, 7) is 0. The predicted molar refractivity (Wildman–Crippen MR) is 98.6 cm³/mol. The smallest absolute Gasteiger partial charge is 0.286 e. The molecule has 3 N–H and O–H groups in total. The van der Waals surface area contributed by atoms with E-state index in [2.05, 4.69) is 10.3 Å². The summed E-state index contributed by atoms with van der Waals surface area (Å²) in [5.41, 5.74) is 6.57. The van der Waals surface area contributed by atoms with Gasteiger partial charge in [-0.2, -0.15) is 0 Å². The normalized spacial score (nSPS) is 25.2. The fraction of sp³-hybridized carbons (Fsp3) is 0.550. The molecule has 0 spiro atoms. The Balaban J connectivity index is 1.40. The number of anilines is 1. The summed E-state index contributed by atoms with van der Waals surface area (Å²) in [6.07, 6.45) is 10.9. The number of carbonyl (C=O) groups is 2. The number of fused-ring (bicyclic) bond motifs is 2. The molecule has 2 amide bonds. The second kappa shape index (κ2) is 7.09. The van der Waals surface area contributed by atoms with Gasteiger partial charge in [-0.15, -0.1) is 0 Å². The van der Waals surface area contributed by atoms with Crippen LogP contribution in [0.4, 0.5) is 5.69 Å². The quantitative estimate of drug-likeness (QED) is 0.851. The second-order valence-corrected chi connectivity index (χ2v) is 7.75. The molecule has 138 valence electrons. The largest absolute Gasteiger partial charge is 0.447 e. The van der Waals surface area contributed by atoms with Crippen LogP contribution in [0.1, 0.15) is 61.9 Å². The van der Waals surface area contributed by atoms with Crippen LogP contribution in [0.15, 0.2) is 22.7 Å². The van der Waals surface area contributed by atoms with Gasteiger partial charge in [0, 0.05) is 12.6 Å². The molecule has 0 aromatic carbocycles. The van der Waals surface area contributed by atoms with Crippen LogP contribution >= 0.6 is 0 Å². The Labute approximate surface area is 152 Å². The van der Waals surface area contributed by atoms with Crippen molar-refractivity contribution in [3.8, 4) is 0 Å². The van der Waals surface area contributed by atoms with Gasteiger partial charge in [0.25, 0.3) is 5.91 Å². The zero-order valence-electron chi connectivity index (χ0n) is 14.9. The molecule has 2 unspecified atom stereocenters. The van der Waals surface area contributed by atoms with Gasteiger partial charge in [0.1, 0.15) is 11.2 Å². The standard InChI is InChI=1S/C20H25N3O3/c21-20(25)19-18(17-15(26-19)6-3-9-22-17)23-16(24)8-7-12-10-13-4-1-2-5-14(13)11-12/h3,6,9,12-14H,1-2,4-5,7-8,10-11H2,(H2,21,25)(H,23,24). The van der Waals surface area contributed by atoms with E-state index in [-0.39, 0.29) is 17.4 Å². The Morgan fingerprint density at radius 3 is 2.65 bits per heavy atom. The highest BCUT2D eigenvalue weighted by atomic mass is 16.3. The highest BCUT2D eigenvalue weighted by molar-refractivity contribution is 6.09. The molecule has 2 saturated carbocycles. The average molecular weight is 355 g/mol. The minimum atomic E-state index is -0.710. The molecule has 2 aliphatic rings. The number of primary amides is 1. The van der Waals surface area contributed by atoms with E-state index in [1.165, 1.54) is 38.5 Å². The van der Waals surface area contributed by atoms with Gasteiger partial charge >= 0.3 is 0 Å². The summed E-state index contributed by atoms with van der Waals surface area (Å²) in [5, 5.41) is 2.81. The molecule has 2 aromatic rings. The summed E-state index contributed by atoms with van der Waals surface area (Å²) in [4.78, 5) is 28.3. The molecule has 6 heteroatoms. The molecule has 2 aliphatic carbocycles. The number of hydrogen-bond acceptors (Lipinski definition) is 4. The van der Waals surface area contributed by atoms with Gasteiger partial charge in [-0.3, -0.25) is 14.6 Å². The van der Waals surface area contributed by atoms with Crippen molar-refractivity contribution in [2.75, 3.05) is 5.32 Å². The molecule has 0 bridgehead atoms. The highest BCUT2D eigenvalue weighted by Gasteiger charge is 2.35. The van der Waals surface area contributed by atoms with Crippen molar-refractivity contribution >= 4 is 28.6 Å². The van der Waals surface area contributed by atoms with Crippen LogP contribution < -0.4 is 11.1 Å². The van der Waals surface area contributed by atoms with Crippen LogP contribution in [-0.4, -0.2) is 16.8 Å². The number of aromatic nitrogens is 1. The fourth-order valence-electron chi connectivity index (χ4n) is 4.85. The highest BCUT2D eigenvalue weighted by Crippen LogP contribution is 2.46. The second-order valence-electron chi connectivity index (χ2n) is 7.75. The van der Waals surface area contributed by atoms with Crippen LogP contribution in [0, 0.1) is 17.8 Å². The molecular weight excluding hydrogens is 330 g/mol. The minimum absolute atomic E-state index is 0.0427. The Hall–Kier alpha value is -2.37. The van der Waals surface area contributed by atoms with Crippen LogP contribution in [0.2, 0.25) is 0 Å². The van der Waals surface area contributed by atoms with Crippen molar-refractivity contribution in [1.82, 2.24) is 4.98 Å². The topological polar surface area (TPSA) is 98.2 Å². The number of rotatable bonds is 5. The summed E-state index contributed by atoms with van der Waals surface area (Å²) < 4.78 is 5.45. The molecule has 4 rings (SSSR count). The van der Waals surface area contributed by atoms with Crippen molar-refractivity contribution in [2.24, 2.45) is 23.5 Å². The third kappa shape index (κ3) is 3.32. The Kier molecular flexibility index (Phi) is 4.66. The van der Waals surface area contributed by atoms with E-state index in [1.807, 2.05) is 0 Å².